The van der Waals surface area contributed by atoms with Crippen molar-refractivity contribution < 1.29 is 9.84 Å². The lowest BCUT2D eigenvalue weighted by Gasteiger charge is -2.27. The van der Waals surface area contributed by atoms with Crippen LogP contribution in [0.5, 0.6) is 11.5 Å². The van der Waals surface area contributed by atoms with E-state index in [1.165, 1.54) is 19.3 Å². The molecule has 1 aliphatic rings. The third-order valence-corrected chi connectivity index (χ3v) is 3.78. The number of aromatic hydroxyl groups is 1. The number of rotatable bonds is 4. The number of halogens is 1. The van der Waals surface area contributed by atoms with E-state index in [1.807, 2.05) is 12.1 Å². The number of methoxy groups -OCH3 is 1. The van der Waals surface area contributed by atoms with Crippen molar-refractivity contribution in [3.05, 3.63) is 22.2 Å². The molecule has 0 saturated carbocycles. The Morgan fingerprint density at radius 3 is 2.72 bits per heavy atom. The Kier molecular flexibility index (Phi) is 4.86. The second kappa shape index (κ2) is 6.41. The predicted molar refractivity (Wildman–Crippen MR) is 74.6 cm³/mol. The molecule has 100 valence electrons. The zero-order valence-corrected chi connectivity index (χ0v) is 12.2. The lowest BCUT2D eigenvalue weighted by molar-refractivity contribution is 0.151. The van der Waals surface area contributed by atoms with Crippen LogP contribution in [0.1, 0.15) is 24.8 Å². The smallest absolute Gasteiger partial charge is 0.172 e. The average molecular weight is 315 g/mol. The Labute approximate surface area is 116 Å². The minimum atomic E-state index is 0.152. The summed E-state index contributed by atoms with van der Waals surface area (Å²) in [6.45, 7) is 2.96. The van der Waals surface area contributed by atoms with Gasteiger partial charge < -0.3 is 9.84 Å². The van der Waals surface area contributed by atoms with Gasteiger partial charge >= 0.3 is 0 Å². The number of nitrogens with one attached hydrogen (secondary N) is 1. The Bertz CT molecular complexity index is 406. The molecule has 0 unspecified atom stereocenters. The molecule has 0 amide bonds. The minimum absolute atomic E-state index is 0.152. The van der Waals surface area contributed by atoms with E-state index in [-0.39, 0.29) is 5.75 Å². The first-order chi connectivity index (χ1) is 8.70. The molecule has 0 radical (unpaired) electrons. The van der Waals surface area contributed by atoms with Crippen molar-refractivity contribution in [2.45, 2.75) is 25.8 Å². The van der Waals surface area contributed by atoms with Crippen molar-refractivity contribution in [3.63, 3.8) is 0 Å². The summed E-state index contributed by atoms with van der Waals surface area (Å²) >= 11 is 3.33. The highest BCUT2D eigenvalue weighted by molar-refractivity contribution is 9.10. The molecule has 1 aliphatic heterocycles. The molecule has 1 aromatic rings. The molecular weight excluding hydrogens is 296 g/mol. The normalized spacial score (nSPS) is 16.8. The number of hydrogen-bond donors (Lipinski definition) is 2. The molecule has 18 heavy (non-hydrogen) atoms. The van der Waals surface area contributed by atoms with Gasteiger partial charge in [-0.2, -0.15) is 0 Å². The fraction of sp³-hybridized carbons (Fsp3) is 0.538. The van der Waals surface area contributed by atoms with Gasteiger partial charge in [0, 0.05) is 19.6 Å². The number of ether oxygens (including phenoxy) is 1. The van der Waals surface area contributed by atoms with E-state index in [9.17, 15) is 5.11 Å². The maximum atomic E-state index is 9.74. The third-order valence-electron chi connectivity index (χ3n) is 3.17. The van der Waals surface area contributed by atoms with Gasteiger partial charge in [0.2, 0.25) is 0 Å². The molecule has 4 nitrogen and oxygen atoms in total. The van der Waals surface area contributed by atoms with Gasteiger partial charge in [-0.05, 0) is 46.5 Å². The van der Waals surface area contributed by atoms with Crippen LogP contribution in [0.3, 0.4) is 0 Å². The second-order valence-electron chi connectivity index (χ2n) is 4.51. The topological polar surface area (TPSA) is 44.7 Å². The number of hydrazine groups is 1. The molecule has 2 N–H and O–H groups in total. The minimum Gasteiger partial charge on any atom is -0.503 e. The van der Waals surface area contributed by atoms with Crippen molar-refractivity contribution in [1.29, 1.82) is 0 Å². The second-order valence-corrected chi connectivity index (χ2v) is 5.37. The summed E-state index contributed by atoms with van der Waals surface area (Å²) < 4.78 is 5.80. The van der Waals surface area contributed by atoms with Crippen LogP contribution in [-0.2, 0) is 6.54 Å². The van der Waals surface area contributed by atoms with Crippen molar-refractivity contribution in [1.82, 2.24) is 10.4 Å². The van der Waals surface area contributed by atoms with Crippen LogP contribution in [0.25, 0.3) is 0 Å². The highest BCUT2D eigenvalue weighted by Gasteiger charge is 2.11. The molecule has 1 aromatic carbocycles. The van der Waals surface area contributed by atoms with Gasteiger partial charge in [0.25, 0.3) is 0 Å². The first-order valence-corrected chi connectivity index (χ1v) is 7.04. The van der Waals surface area contributed by atoms with Crippen LogP contribution < -0.4 is 10.2 Å². The average Bonchev–Trinajstić information content (AvgIpc) is 2.41. The summed E-state index contributed by atoms with van der Waals surface area (Å²) in [7, 11) is 1.56. The fourth-order valence-corrected chi connectivity index (χ4v) is 2.63. The number of hydrogen-bond acceptors (Lipinski definition) is 4. The number of phenolic OH excluding ortho intramolecular Hbond substituents is 1. The van der Waals surface area contributed by atoms with Crippen LogP contribution in [0.15, 0.2) is 16.6 Å². The van der Waals surface area contributed by atoms with Crippen LogP contribution >= 0.6 is 15.9 Å². The van der Waals surface area contributed by atoms with Gasteiger partial charge in [-0.25, -0.2) is 5.01 Å². The van der Waals surface area contributed by atoms with Crippen molar-refractivity contribution in [2.24, 2.45) is 0 Å². The summed E-state index contributed by atoms with van der Waals surface area (Å²) in [5, 5.41) is 12.0. The Morgan fingerprint density at radius 1 is 1.33 bits per heavy atom. The monoisotopic (exact) mass is 314 g/mol. The van der Waals surface area contributed by atoms with E-state index < -0.39 is 0 Å². The predicted octanol–water partition coefficient (Wildman–Crippen LogP) is 2.65. The summed E-state index contributed by atoms with van der Waals surface area (Å²) in [6, 6.07) is 3.77. The highest BCUT2D eigenvalue weighted by Crippen LogP contribution is 2.35. The molecule has 0 aliphatic carbocycles. The summed E-state index contributed by atoms with van der Waals surface area (Å²) in [5.74, 6) is 0.652. The molecule has 1 saturated heterocycles. The maximum absolute atomic E-state index is 9.74. The van der Waals surface area contributed by atoms with Crippen LogP contribution in [0, 0.1) is 0 Å². The number of phenols is 1. The van der Waals surface area contributed by atoms with Crippen LogP contribution in [0.2, 0.25) is 0 Å². The van der Waals surface area contributed by atoms with E-state index in [4.69, 9.17) is 4.74 Å². The number of piperidine rings is 1. The summed E-state index contributed by atoms with van der Waals surface area (Å²) in [6.07, 6.45) is 3.85. The third kappa shape index (κ3) is 3.37. The van der Waals surface area contributed by atoms with E-state index in [2.05, 4.69) is 26.4 Å². The lowest BCUT2D eigenvalue weighted by Crippen LogP contribution is -2.41. The molecule has 0 atom stereocenters. The standard InChI is InChI=1S/C13H19BrN2O2/c1-18-12-8-10(7-11(14)13(12)17)9-15-16-5-3-2-4-6-16/h7-8,15,17H,2-6,9H2,1H3. The molecule has 1 fully saturated rings. The van der Waals surface area contributed by atoms with E-state index >= 15 is 0 Å². The largest absolute Gasteiger partial charge is 0.503 e. The van der Waals surface area contributed by atoms with Gasteiger partial charge in [0.05, 0.1) is 11.6 Å². The first-order valence-electron chi connectivity index (χ1n) is 6.24. The van der Waals surface area contributed by atoms with Crippen LogP contribution in [0.4, 0.5) is 0 Å². The SMILES string of the molecule is COc1cc(CNN2CCCCC2)cc(Br)c1O. The molecule has 2 rings (SSSR count). The zero-order chi connectivity index (χ0) is 13.0. The van der Waals surface area contributed by atoms with Gasteiger partial charge in [-0.15, -0.1) is 0 Å². The Morgan fingerprint density at radius 2 is 2.06 bits per heavy atom. The molecule has 0 spiro atoms. The van der Waals surface area contributed by atoms with E-state index in [0.29, 0.717) is 10.2 Å². The van der Waals surface area contributed by atoms with Crippen molar-refractivity contribution >= 4 is 15.9 Å². The molecular formula is C13H19BrN2O2. The molecule has 1 heterocycles. The van der Waals surface area contributed by atoms with Crippen LogP contribution in [-0.4, -0.2) is 30.3 Å². The van der Waals surface area contributed by atoms with Gasteiger partial charge in [0.15, 0.2) is 11.5 Å². The lowest BCUT2D eigenvalue weighted by atomic mass is 10.1. The maximum Gasteiger partial charge on any atom is 0.172 e. The Hall–Kier alpha value is -0.780. The van der Waals surface area contributed by atoms with Gasteiger partial charge in [-0.1, -0.05) is 6.42 Å². The number of nitrogens with zero attached hydrogens (tertiary/aromatic N) is 1. The molecule has 0 bridgehead atoms. The summed E-state index contributed by atoms with van der Waals surface area (Å²) in [4.78, 5) is 0. The van der Waals surface area contributed by atoms with Gasteiger partial charge in [-0.3, -0.25) is 5.43 Å². The zero-order valence-electron chi connectivity index (χ0n) is 10.6. The van der Waals surface area contributed by atoms with Crippen molar-refractivity contribution in [2.75, 3.05) is 20.2 Å². The summed E-state index contributed by atoms with van der Waals surface area (Å²) in [5.41, 5.74) is 4.50. The Balaban J connectivity index is 1.98. The molecule has 5 heteroatoms. The highest BCUT2D eigenvalue weighted by atomic mass is 79.9. The number of benzene rings is 1. The van der Waals surface area contributed by atoms with E-state index in [0.717, 1.165) is 25.2 Å². The van der Waals surface area contributed by atoms with E-state index in [1.54, 1.807) is 7.11 Å². The van der Waals surface area contributed by atoms with Gasteiger partial charge in [0.1, 0.15) is 0 Å². The first kappa shape index (κ1) is 13.6. The molecule has 0 aromatic heterocycles. The quantitative estimate of drug-likeness (QED) is 0.897. The fourth-order valence-electron chi connectivity index (χ4n) is 2.14. The van der Waals surface area contributed by atoms with Crippen molar-refractivity contribution in [3.8, 4) is 11.5 Å².